The second-order valence-corrected chi connectivity index (χ2v) is 2.27. The highest BCUT2D eigenvalue weighted by Gasteiger charge is 2.15. The summed E-state index contributed by atoms with van der Waals surface area (Å²) < 4.78 is 0. The summed E-state index contributed by atoms with van der Waals surface area (Å²) in [5.74, 6) is -0.663. The van der Waals surface area contributed by atoms with E-state index in [2.05, 4.69) is 0 Å². The van der Waals surface area contributed by atoms with E-state index in [0.717, 1.165) is 6.08 Å². The molecule has 0 fully saturated rings. The highest BCUT2D eigenvalue weighted by Crippen LogP contribution is 2.08. The summed E-state index contributed by atoms with van der Waals surface area (Å²) in [6.07, 6.45) is 2.62. The molecule has 0 heterocycles. The van der Waals surface area contributed by atoms with Gasteiger partial charge in [0.2, 0.25) is 0 Å². The van der Waals surface area contributed by atoms with Crippen LogP contribution in [0.3, 0.4) is 0 Å². The van der Waals surface area contributed by atoms with Gasteiger partial charge in [0, 0.05) is 11.6 Å². The Morgan fingerprint density at radius 1 is 1.18 bits per heavy atom. The normalized spacial score (nSPS) is 17.5. The summed E-state index contributed by atoms with van der Waals surface area (Å²) in [4.78, 5) is 31.9. The number of ketones is 2. The topological polar surface area (TPSA) is 51.2 Å². The number of rotatable bonds is 1. The zero-order valence-electron chi connectivity index (χ0n) is 5.96. The predicted octanol–water partition coefficient (Wildman–Crippen LogP) is 0.210. The molecule has 0 amide bonds. The molecule has 0 aromatic rings. The summed E-state index contributed by atoms with van der Waals surface area (Å²) in [5.41, 5.74) is 0.307. The van der Waals surface area contributed by atoms with Crippen molar-refractivity contribution >= 4 is 17.9 Å². The summed E-state index contributed by atoms with van der Waals surface area (Å²) >= 11 is 0. The van der Waals surface area contributed by atoms with Crippen molar-refractivity contribution in [2.45, 2.75) is 6.92 Å². The summed E-state index contributed by atoms with van der Waals surface area (Å²) in [6.45, 7) is 1.54. The molecule has 1 aliphatic carbocycles. The molecule has 11 heavy (non-hydrogen) atoms. The van der Waals surface area contributed by atoms with Gasteiger partial charge in [0.15, 0.2) is 17.9 Å². The molecule has 0 aromatic heterocycles. The van der Waals surface area contributed by atoms with Gasteiger partial charge in [0.1, 0.15) is 0 Å². The van der Waals surface area contributed by atoms with Crippen molar-refractivity contribution in [3.05, 3.63) is 23.3 Å². The van der Waals surface area contributed by atoms with Gasteiger partial charge in [-0.3, -0.25) is 14.4 Å². The second kappa shape index (κ2) is 2.62. The van der Waals surface area contributed by atoms with Crippen LogP contribution < -0.4 is 0 Å². The van der Waals surface area contributed by atoms with E-state index in [1.807, 2.05) is 0 Å². The van der Waals surface area contributed by atoms with E-state index in [1.54, 1.807) is 0 Å². The van der Waals surface area contributed by atoms with Crippen molar-refractivity contribution < 1.29 is 14.4 Å². The molecule has 1 aliphatic rings. The zero-order chi connectivity index (χ0) is 8.43. The van der Waals surface area contributed by atoms with Crippen molar-refractivity contribution in [1.29, 1.82) is 0 Å². The smallest absolute Gasteiger partial charge is 0.189 e. The van der Waals surface area contributed by atoms with Crippen molar-refractivity contribution in [2.75, 3.05) is 0 Å². The lowest BCUT2D eigenvalue weighted by atomic mass is 9.99. The van der Waals surface area contributed by atoms with E-state index in [1.165, 1.54) is 13.0 Å². The van der Waals surface area contributed by atoms with Crippen LogP contribution in [0.25, 0.3) is 0 Å². The molecule has 0 saturated heterocycles. The molecule has 3 heteroatoms. The first kappa shape index (κ1) is 7.60. The minimum atomic E-state index is -0.392. The fraction of sp³-hybridized carbons (Fsp3) is 0.125. The second-order valence-electron chi connectivity index (χ2n) is 2.27. The molecular formula is C8H6O3. The van der Waals surface area contributed by atoms with Crippen LogP contribution in [0.2, 0.25) is 0 Å². The van der Waals surface area contributed by atoms with Crippen LogP contribution in [0.5, 0.6) is 0 Å². The van der Waals surface area contributed by atoms with Crippen LogP contribution >= 0.6 is 0 Å². The maximum absolute atomic E-state index is 10.9. The highest BCUT2D eigenvalue weighted by molar-refractivity contribution is 6.27. The maximum Gasteiger partial charge on any atom is 0.189 e. The van der Waals surface area contributed by atoms with E-state index < -0.39 is 5.78 Å². The number of hydrogen-bond acceptors (Lipinski definition) is 3. The largest absolute Gasteiger partial charge is 0.298 e. The first-order valence-electron chi connectivity index (χ1n) is 3.09. The van der Waals surface area contributed by atoms with Crippen molar-refractivity contribution in [1.82, 2.24) is 0 Å². The number of aldehydes is 1. The molecule has 0 atom stereocenters. The van der Waals surface area contributed by atoms with Crippen LogP contribution in [-0.4, -0.2) is 17.9 Å². The predicted molar refractivity (Wildman–Crippen MR) is 37.9 cm³/mol. The minimum Gasteiger partial charge on any atom is -0.298 e. The van der Waals surface area contributed by atoms with Gasteiger partial charge in [0.25, 0.3) is 0 Å². The number of carbonyl (C=O) groups is 3. The van der Waals surface area contributed by atoms with E-state index in [-0.39, 0.29) is 11.4 Å². The molecule has 0 aliphatic heterocycles. The molecule has 0 saturated carbocycles. The Morgan fingerprint density at radius 2 is 1.82 bits per heavy atom. The number of hydrogen-bond donors (Lipinski definition) is 0. The van der Waals surface area contributed by atoms with Gasteiger partial charge in [-0.2, -0.15) is 0 Å². The average molecular weight is 150 g/mol. The van der Waals surface area contributed by atoms with Gasteiger partial charge in [0.05, 0.1) is 5.57 Å². The van der Waals surface area contributed by atoms with Gasteiger partial charge >= 0.3 is 0 Å². The Hall–Kier alpha value is -1.51. The van der Waals surface area contributed by atoms with Gasteiger partial charge in [-0.25, -0.2) is 0 Å². The minimum absolute atomic E-state index is 0.0689. The summed E-state index contributed by atoms with van der Waals surface area (Å²) in [7, 11) is 0. The van der Waals surface area contributed by atoms with E-state index in [4.69, 9.17) is 0 Å². The molecule has 0 radical (unpaired) electrons. The number of carbonyl (C=O) groups excluding carboxylic acids is 3. The van der Waals surface area contributed by atoms with Gasteiger partial charge in [-0.05, 0) is 13.0 Å². The molecular weight excluding hydrogens is 144 g/mol. The maximum atomic E-state index is 10.9. The Balaban J connectivity index is 3.07. The fourth-order valence-electron chi connectivity index (χ4n) is 0.769. The van der Waals surface area contributed by atoms with Gasteiger partial charge in [-0.15, -0.1) is 0 Å². The standard InChI is InChI=1S/C8H6O3/c1-5-2-8(11)6(4-9)3-7(5)10/h2-4H,1H3. The molecule has 0 unspecified atom stereocenters. The monoisotopic (exact) mass is 150 g/mol. The van der Waals surface area contributed by atoms with Crippen LogP contribution in [0, 0.1) is 0 Å². The summed E-state index contributed by atoms with van der Waals surface area (Å²) in [5, 5.41) is 0. The third-order valence-electron chi connectivity index (χ3n) is 1.43. The average Bonchev–Trinajstić information content (AvgIpc) is 1.97. The molecule has 1 rings (SSSR count). The number of allylic oxidation sites excluding steroid dienone is 4. The third-order valence-corrected chi connectivity index (χ3v) is 1.43. The SMILES string of the molecule is CC1=CC(=O)C(C=O)=CC1=O. The summed E-state index contributed by atoms with van der Waals surface area (Å²) in [6, 6.07) is 0. The van der Waals surface area contributed by atoms with E-state index >= 15 is 0 Å². The molecule has 56 valence electrons. The van der Waals surface area contributed by atoms with Crippen molar-refractivity contribution in [3.8, 4) is 0 Å². The van der Waals surface area contributed by atoms with Gasteiger partial charge < -0.3 is 0 Å². The first-order chi connectivity index (χ1) is 5.15. The quantitative estimate of drug-likeness (QED) is 0.305. The molecule has 0 aromatic carbocycles. The lowest BCUT2D eigenvalue weighted by Gasteiger charge is -2.02. The Morgan fingerprint density at radius 3 is 2.36 bits per heavy atom. The molecule has 3 nitrogen and oxygen atoms in total. The molecule has 0 N–H and O–H groups in total. The van der Waals surface area contributed by atoms with E-state index in [9.17, 15) is 14.4 Å². The molecule has 0 spiro atoms. The van der Waals surface area contributed by atoms with Crippen molar-refractivity contribution in [3.63, 3.8) is 0 Å². The van der Waals surface area contributed by atoms with Crippen LogP contribution in [0.4, 0.5) is 0 Å². The van der Waals surface area contributed by atoms with Crippen LogP contribution in [0.15, 0.2) is 23.3 Å². The van der Waals surface area contributed by atoms with Gasteiger partial charge in [-0.1, -0.05) is 0 Å². The lowest BCUT2D eigenvalue weighted by Crippen LogP contribution is -2.11. The third kappa shape index (κ3) is 1.32. The lowest BCUT2D eigenvalue weighted by molar-refractivity contribution is -0.117. The highest BCUT2D eigenvalue weighted by atomic mass is 16.1. The zero-order valence-corrected chi connectivity index (χ0v) is 5.96. The Bertz CT molecular complexity index is 294. The van der Waals surface area contributed by atoms with Crippen LogP contribution in [-0.2, 0) is 14.4 Å². The Labute approximate surface area is 63.4 Å². The van der Waals surface area contributed by atoms with Crippen LogP contribution in [0.1, 0.15) is 6.92 Å². The van der Waals surface area contributed by atoms with E-state index in [0.29, 0.717) is 11.9 Å². The fourth-order valence-corrected chi connectivity index (χ4v) is 0.769. The first-order valence-corrected chi connectivity index (χ1v) is 3.09. The molecule has 0 bridgehead atoms. The Kier molecular flexibility index (Phi) is 1.81. The van der Waals surface area contributed by atoms with Crippen molar-refractivity contribution in [2.24, 2.45) is 0 Å².